The highest BCUT2D eigenvalue weighted by Crippen LogP contribution is 2.45. The van der Waals surface area contributed by atoms with Crippen LogP contribution < -0.4 is 9.80 Å². The summed E-state index contributed by atoms with van der Waals surface area (Å²) in [6.45, 7) is 4.26. The third-order valence-corrected chi connectivity index (χ3v) is 6.70. The predicted molar refractivity (Wildman–Crippen MR) is 123 cm³/mol. The lowest BCUT2D eigenvalue weighted by Crippen LogP contribution is -2.76. The minimum absolute atomic E-state index is 0.451. The van der Waals surface area contributed by atoms with E-state index in [1.165, 1.54) is 33.8 Å². The molecule has 0 bridgehead atoms. The molecule has 1 fully saturated rings. The maximum atomic E-state index is 2.53. The summed E-state index contributed by atoms with van der Waals surface area (Å²) in [6.07, 6.45) is 5.86. The number of hydrogen-bond acceptors (Lipinski definition) is 2. The Bertz CT molecular complexity index is 1210. The zero-order valence-electron chi connectivity index (χ0n) is 17.5. The standard InChI is InChI=1S/C26H26N4/c1-20-10-8-12-22-19-29-17-9-16-28-18-21-11-6-7-15-24(21)30(23-13-4-3-5-14-23)26(28,29)27(2)25(20)22/h3-8,10-15,18-19H,9,16-17H2,1-2H3/q+2. The molecule has 0 radical (unpaired) electrons. The summed E-state index contributed by atoms with van der Waals surface area (Å²) in [5, 5.41) is 0. The van der Waals surface area contributed by atoms with Crippen LogP contribution in [0.25, 0.3) is 0 Å². The zero-order chi connectivity index (χ0) is 20.3. The van der Waals surface area contributed by atoms with Crippen molar-refractivity contribution in [3.63, 3.8) is 0 Å². The molecule has 6 rings (SSSR count). The number of para-hydroxylation sites is 3. The van der Waals surface area contributed by atoms with Gasteiger partial charge in [0.15, 0.2) is 25.5 Å². The van der Waals surface area contributed by atoms with E-state index >= 15 is 0 Å². The zero-order valence-corrected chi connectivity index (χ0v) is 17.5. The molecule has 3 aliphatic rings. The first-order valence-electron chi connectivity index (χ1n) is 10.7. The van der Waals surface area contributed by atoms with Crippen molar-refractivity contribution in [2.24, 2.45) is 0 Å². The molecule has 1 unspecified atom stereocenters. The molecule has 4 nitrogen and oxygen atoms in total. The average molecular weight is 395 g/mol. The van der Waals surface area contributed by atoms with Crippen molar-refractivity contribution in [3.05, 3.63) is 89.5 Å². The van der Waals surface area contributed by atoms with Gasteiger partial charge in [0.1, 0.15) is 0 Å². The summed E-state index contributed by atoms with van der Waals surface area (Å²) >= 11 is 0. The summed E-state index contributed by atoms with van der Waals surface area (Å²) in [4.78, 5) is 5.00. The average Bonchev–Trinajstić information content (AvgIpc) is 2.77. The van der Waals surface area contributed by atoms with E-state index in [0.717, 1.165) is 19.5 Å². The molecule has 30 heavy (non-hydrogen) atoms. The van der Waals surface area contributed by atoms with E-state index < -0.39 is 5.91 Å². The molecule has 1 saturated heterocycles. The summed E-state index contributed by atoms with van der Waals surface area (Å²) in [5.74, 6) is -0.451. The number of aryl methyl sites for hydroxylation is 1. The van der Waals surface area contributed by atoms with Gasteiger partial charge in [-0.15, -0.1) is 9.15 Å². The Hall–Kier alpha value is -3.40. The van der Waals surface area contributed by atoms with Crippen LogP contribution in [0.1, 0.15) is 23.1 Å². The van der Waals surface area contributed by atoms with E-state index in [0.29, 0.717) is 0 Å². The van der Waals surface area contributed by atoms with Crippen LogP contribution >= 0.6 is 0 Å². The fraction of sp³-hybridized carbons (Fsp3) is 0.231. The van der Waals surface area contributed by atoms with Gasteiger partial charge in [0.2, 0.25) is 0 Å². The smallest absolute Gasteiger partial charge is 0.234 e. The Kier molecular flexibility index (Phi) is 3.66. The molecule has 3 aromatic rings. The Morgan fingerprint density at radius 3 is 2.23 bits per heavy atom. The molecule has 0 N–H and O–H groups in total. The molecule has 148 valence electrons. The minimum atomic E-state index is -0.451. The van der Waals surface area contributed by atoms with Crippen molar-refractivity contribution in [3.8, 4) is 0 Å². The highest BCUT2D eigenvalue weighted by Gasteiger charge is 2.67. The van der Waals surface area contributed by atoms with Crippen molar-refractivity contribution in [1.29, 1.82) is 0 Å². The van der Waals surface area contributed by atoms with Gasteiger partial charge in [0.25, 0.3) is 0 Å². The molecule has 1 atom stereocenters. The van der Waals surface area contributed by atoms with E-state index in [1.54, 1.807) is 0 Å². The van der Waals surface area contributed by atoms with Gasteiger partial charge in [0, 0.05) is 7.05 Å². The number of hydrogen-bond donors (Lipinski definition) is 0. The topological polar surface area (TPSA) is 12.5 Å². The summed E-state index contributed by atoms with van der Waals surface area (Å²) in [6, 6.07) is 26.2. The van der Waals surface area contributed by atoms with Gasteiger partial charge in [-0.2, -0.15) is 0 Å². The monoisotopic (exact) mass is 394 g/mol. The van der Waals surface area contributed by atoms with E-state index in [9.17, 15) is 0 Å². The second kappa shape index (κ2) is 6.30. The van der Waals surface area contributed by atoms with Crippen molar-refractivity contribution < 1.29 is 9.15 Å². The van der Waals surface area contributed by atoms with Gasteiger partial charge in [-0.25, -0.2) is 9.80 Å². The first-order chi connectivity index (χ1) is 14.7. The summed E-state index contributed by atoms with van der Waals surface area (Å²) < 4.78 is 5.05. The third-order valence-electron chi connectivity index (χ3n) is 6.70. The largest absolute Gasteiger partial charge is 0.537 e. The number of nitrogens with zero attached hydrogens (tertiary/aromatic N) is 4. The Balaban J connectivity index is 1.72. The normalized spacial score (nSPS) is 21.7. The number of rotatable bonds is 1. The van der Waals surface area contributed by atoms with Gasteiger partial charge in [-0.3, -0.25) is 0 Å². The third kappa shape index (κ3) is 2.16. The second-order valence-corrected chi connectivity index (χ2v) is 8.40. The fourth-order valence-electron chi connectivity index (χ4n) is 5.55. The van der Waals surface area contributed by atoms with Crippen LogP contribution in [0.5, 0.6) is 0 Å². The molecule has 4 heteroatoms. The number of anilines is 3. The number of fused-ring (bicyclic) bond motifs is 2. The minimum Gasteiger partial charge on any atom is -0.234 e. The lowest BCUT2D eigenvalue weighted by atomic mass is 10.00. The van der Waals surface area contributed by atoms with Gasteiger partial charge >= 0.3 is 5.91 Å². The van der Waals surface area contributed by atoms with E-state index in [-0.39, 0.29) is 0 Å². The van der Waals surface area contributed by atoms with E-state index in [2.05, 4.69) is 118 Å². The SMILES string of the molecule is Cc1cccc2c1N(C)C13N(c4ccccc4)c4ccccc4C=[N+]1CCC[N+]3=C2. The fourth-order valence-corrected chi connectivity index (χ4v) is 5.55. The summed E-state index contributed by atoms with van der Waals surface area (Å²) in [7, 11) is 2.25. The maximum Gasteiger partial charge on any atom is 0.537 e. The van der Waals surface area contributed by atoms with Gasteiger partial charge in [-0.1, -0.05) is 42.5 Å². The molecule has 3 heterocycles. The second-order valence-electron chi connectivity index (χ2n) is 8.40. The van der Waals surface area contributed by atoms with Gasteiger partial charge in [0.05, 0.1) is 34.6 Å². The first kappa shape index (κ1) is 17.5. The summed E-state index contributed by atoms with van der Waals surface area (Å²) in [5.41, 5.74) is 7.60. The first-order valence-corrected chi connectivity index (χ1v) is 10.7. The molecule has 3 aromatic carbocycles. The lowest BCUT2D eigenvalue weighted by Gasteiger charge is -2.48. The van der Waals surface area contributed by atoms with Crippen molar-refractivity contribution in [2.45, 2.75) is 19.3 Å². The van der Waals surface area contributed by atoms with Crippen LogP contribution in [0.2, 0.25) is 0 Å². The Labute approximate surface area is 177 Å². The Morgan fingerprint density at radius 1 is 0.767 bits per heavy atom. The van der Waals surface area contributed by atoms with Crippen LogP contribution in [-0.2, 0) is 0 Å². The maximum absolute atomic E-state index is 2.53. The Morgan fingerprint density at radius 2 is 1.43 bits per heavy atom. The molecular formula is C26H26N4+2. The quantitative estimate of drug-likeness (QED) is 0.575. The highest BCUT2D eigenvalue weighted by molar-refractivity contribution is 5.93. The van der Waals surface area contributed by atoms with Crippen molar-refractivity contribution in [1.82, 2.24) is 0 Å². The van der Waals surface area contributed by atoms with Crippen molar-refractivity contribution >= 4 is 29.5 Å². The van der Waals surface area contributed by atoms with Crippen LogP contribution in [0, 0.1) is 6.92 Å². The van der Waals surface area contributed by atoms with Crippen molar-refractivity contribution in [2.75, 3.05) is 29.9 Å². The molecule has 0 saturated carbocycles. The number of benzene rings is 3. The lowest BCUT2D eigenvalue weighted by molar-refractivity contribution is -0.842. The van der Waals surface area contributed by atoms with Crippen LogP contribution in [0.3, 0.4) is 0 Å². The molecule has 3 aliphatic heterocycles. The van der Waals surface area contributed by atoms with Crippen LogP contribution in [0.4, 0.5) is 17.1 Å². The highest BCUT2D eigenvalue weighted by atomic mass is 15.7. The molecule has 0 amide bonds. The van der Waals surface area contributed by atoms with Gasteiger partial charge < -0.3 is 0 Å². The van der Waals surface area contributed by atoms with Gasteiger partial charge in [-0.05, 0) is 42.8 Å². The van der Waals surface area contributed by atoms with Crippen LogP contribution in [0.15, 0.2) is 72.8 Å². The predicted octanol–water partition coefficient (Wildman–Crippen LogP) is 4.17. The van der Waals surface area contributed by atoms with E-state index in [4.69, 9.17) is 0 Å². The molecule has 1 spiro atoms. The molecule has 0 aromatic heterocycles. The molecule has 0 aliphatic carbocycles. The van der Waals surface area contributed by atoms with E-state index in [1.807, 2.05) is 0 Å². The molecular weight excluding hydrogens is 368 g/mol. The van der Waals surface area contributed by atoms with Crippen LogP contribution in [-0.4, -0.2) is 47.6 Å².